The van der Waals surface area contributed by atoms with Gasteiger partial charge in [0, 0.05) is 30.5 Å². The van der Waals surface area contributed by atoms with Gasteiger partial charge in [0.05, 0.1) is 6.61 Å². The summed E-state index contributed by atoms with van der Waals surface area (Å²) in [5.74, 6) is 1.20. The molecular formula is C15H28N2O2. The lowest BCUT2D eigenvalue weighted by molar-refractivity contribution is -0.127. The van der Waals surface area contributed by atoms with Gasteiger partial charge in [-0.3, -0.25) is 4.79 Å². The molecule has 1 aliphatic carbocycles. The van der Waals surface area contributed by atoms with Gasteiger partial charge in [0.15, 0.2) is 0 Å². The molecule has 5 atom stereocenters. The van der Waals surface area contributed by atoms with Crippen LogP contribution in [0.15, 0.2) is 0 Å². The van der Waals surface area contributed by atoms with Gasteiger partial charge in [-0.2, -0.15) is 0 Å². The fraction of sp³-hybridized carbons (Fsp3) is 0.933. The van der Waals surface area contributed by atoms with E-state index in [1.807, 2.05) is 0 Å². The summed E-state index contributed by atoms with van der Waals surface area (Å²) in [6.45, 7) is 5.76. The molecule has 110 valence electrons. The predicted molar refractivity (Wildman–Crippen MR) is 75.6 cm³/mol. The molecule has 0 spiro atoms. The summed E-state index contributed by atoms with van der Waals surface area (Å²) in [6, 6.07) is 0.504. The van der Waals surface area contributed by atoms with Crippen molar-refractivity contribution in [2.45, 2.75) is 58.0 Å². The molecule has 1 heterocycles. The first kappa shape index (κ1) is 14.8. The van der Waals surface area contributed by atoms with Crippen LogP contribution in [0.5, 0.6) is 0 Å². The first-order chi connectivity index (χ1) is 9.08. The molecular weight excluding hydrogens is 240 g/mol. The Bertz CT molecular complexity index is 303. The lowest BCUT2D eigenvalue weighted by atomic mass is 9.78. The van der Waals surface area contributed by atoms with Crippen molar-refractivity contribution >= 4 is 5.91 Å². The molecule has 0 bridgehead atoms. The van der Waals surface area contributed by atoms with E-state index >= 15 is 0 Å². The van der Waals surface area contributed by atoms with Crippen LogP contribution in [0.3, 0.4) is 0 Å². The third-order valence-electron chi connectivity index (χ3n) is 4.92. The lowest BCUT2D eigenvalue weighted by Crippen LogP contribution is -2.44. The van der Waals surface area contributed by atoms with Gasteiger partial charge >= 0.3 is 0 Å². The zero-order valence-electron chi connectivity index (χ0n) is 12.2. The number of rotatable bonds is 4. The van der Waals surface area contributed by atoms with Gasteiger partial charge in [-0.25, -0.2) is 0 Å². The summed E-state index contributed by atoms with van der Waals surface area (Å²) in [7, 11) is 0. The second kappa shape index (κ2) is 6.71. The summed E-state index contributed by atoms with van der Waals surface area (Å²) < 4.78 is 5.38. The van der Waals surface area contributed by atoms with E-state index in [1.165, 1.54) is 0 Å². The van der Waals surface area contributed by atoms with Crippen LogP contribution in [-0.2, 0) is 9.53 Å². The van der Waals surface area contributed by atoms with Crippen molar-refractivity contribution in [3.05, 3.63) is 0 Å². The van der Waals surface area contributed by atoms with E-state index in [-0.39, 0.29) is 23.9 Å². The van der Waals surface area contributed by atoms with Crippen molar-refractivity contribution in [1.29, 1.82) is 0 Å². The Morgan fingerprint density at radius 2 is 2.05 bits per heavy atom. The fourth-order valence-electron chi connectivity index (χ4n) is 3.36. The van der Waals surface area contributed by atoms with Crippen LogP contribution < -0.4 is 11.1 Å². The van der Waals surface area contributed by atoms with Gasteiger partial charge < -0.3 is 15.8 Å². The van der Waals surface area contributed by atoms with Crippen molar-refractivity contribution in [3.63, 3.8) is 0 Å². The minimum Gasteiger partial charge on any atom is -0.381 e. The SMILES string of the molecule is CC(NC(=O)C(C)C1CCCC(N)C1)C1CCOC1. The number of nitrogens with one attached hydrogen (secondary N) is 1. The maximum Gasteiger partial charge on any atom is 0.223 e. The van der Waals surface area contributed by atoms with Gasteiger partial charge in [0.1, 0.15) is 0 Å². The monoisotopic (exact) mass is 268 g/mol. The Morgan fingerprint density at radius 3 is 2.68 bits per heavy atom. The van der Waals surface area contributed by atoms with Gasteiger partial charge in [-0.1, -0.05) is 13.3 Å². The topological polar surface area (TPSA) is 64.4 Å². The summed E-state index contributed by atoms with van der Waals surface area (Å²) in [5, 5.41) is 3.17. The predicted octanol–water partition coefficient (Wildman–Crippen LogP) is 1.68. The summed E-state index contributed by atoms with van der Waals surface area (Å²) in [5.41, 5.74) is 6.02. The molecule has 5 unspecified atom stereocenters. The molecule has 0 radical (unpaired) electrons. The Labute approximate surface area is 116 Å². The highest BCUT2D eigenvalue weighted by Gasteiger charge is 2.30. The Hall–Kier alpha value is -0.610. The van der Waals surface area contributed by atoms with E-state index < -0.39 is 0 Å². The normalized spacial score (nSPS) is 34.8. The molecule has 0 aromatic rings. The minimum absolute atomic E-state index is 0.0797. The standard InChI is InChI=1S/C15H28N2O2/c1-10(12-4-3-5-14(16)8-12)15(18)17-11(2)13-6-7-19-9-13/h10-14H,3-9,16H2,1-2H3,(H,17,18). The van der Waals surface area contributed by atoms with Gasteiger partial charge in [-0.05, 0) is 38.5 Å². The molecule has 1 saturated heterocycles. The van der Waals surface area contributed by atoms with E-state index in [2.05, 4.69) is 19.2 Å². The highest BCUT2D eigenvalue weighted by molar-refractivity contribution is 5.78. The van der Waals surface area contributed by atoms with Crippen molar-refractivity contribution in [3.8, 4) is 0 Å². The van der Waals surface area contributed by atoms with Crippen molar-refractivity contribution in [2.75, 3.05) is 13.2 Å². The molecule has 0 aromatic heterocycles. The summed E-state index contributed by atoms with van der Waals surface area (Å²) in [4.78, 5) is 12.3. The molecule has 1 aliphatic heterocycles. The number of nitrogens with two attached hydrogens (primary N) is 1. The lowest BCUT2D eigenvalue weighted by Gasteiger charge is -2.31. The van der Waals surface area contributed by atoms with Crippen LogP contribution in [0, 0.1) is 17.8 Å². The van der Waals surface area contributed by atoms with Crippen molar-refractivity contribution in [1.82, 2.24) is 5.32 Å². The van der Waals surface area contributed by atoms with Gasteiger partial charge in [0.2, 0.25) is 5.91 Å². The van der Waals surface area contributed by atoms with E-state index in [0.29, 0.717) is 11.8 Å². The minimum atomic E-state index is 0.0797. The summed E-state index contributed by atoms with van der Waals surface area (Å²) in [6.07, 6.45) is 5.47. The Kier molecular flexibility index (Phi) is 5.22. The van der Waals surface area contributed by atoms with Crippen LogP contribution >= 0.6 is 0 Å². The second-order valence-corrected chi connectivity index (χ2v) is 6.40. The molecule has 19 heavy (non-hydrogen) atoms. The molecule has 2 fully saturated rings. The molecule has 0 aromatic carbocycles. The maximum absolute atomic E-state index is 12.3. The molecule has 4 nitrogen and oxygen atoms in total. The molecule has 2 rings (SSSR count). The Morgan fingerprint density at radius 1 is 1.26 bits per heavy atom. The van der Waals surface area contributed by atoms with Crippen LogP contribution in [-0.4, -0.2) is 31.2 Å². The van der Waals surface area contributed by atoms with Crippen LogP contribution in [0.1, 0.15) is 46.0 Å². The third kappa shape index (κ3) is 3.93. The molecule has 1 amide bonds. The number of hydrogen-bond donors (Lipinski definition) is 2. The Balaban J connectivity index is 1.81. The zero-order valence-corrected chi connectivity index (χ0v) is 12.2. The quantitative estimate of drug-likeness (QED) is 0.815. The van der Waals surface area contributed by atoms with E-state index in [0.717, 1.165) is 45.3 Å². The first-order valence-corrected chi connectivity index (χ1v) is 7.71. The fourth-order valence-corrected chi connectivity index (χ4v) is 3.36. The van der Waals surface area contributed by atoms with Crippen LogP contribution in [0.2, 0.25) is 0 Å². The zero-order chi connectivity index (χ0) is 13.8. The number of carbonyl (C=O) groups is 1. The van der Waals surface area contributed by atoms with E-state index in [1.54, 1.807) is 0 Å². The van der Waals surface area contributed by atoms with Crippen molar-refractivity contribution < 1.29 is 9.53 Å². The second-order valence-electron chi connectivity index (χ2n) is 6.40. The van der Waals surface area contributed by atoms with Gasteiger partial charge in [-0.15, -0.1) is 0 Å². The molecule has 1 saturated carbocycles. The average molecular weight is 268 g/mol. The number of ether oxygens (including phenoxy) is 1. The number of amides is 1. The van der Waals surface area contributed by atoms with Crippen LogP contribution in [0.4, 0.5) is 0 Å². The van der Waals surface area contributed by atoms with Crippen LogP contribution in [0.25, 0.3) is 0 Å². The molecule has 2 aliphatic rings. The highest BCUT2D eigenvalue weighted by Crippen LogP contribution is 2.29. The van der Waals surface area contributed by atoms with E-state index in [9.17, 15) is 4.79 Å². The first-order valence-electron chi connectivity index (χ1n) is 7.71. The molecule has 3 N–H and O–H groups in total. The largest absolute Gasteiger partial charge is 0.381 e. The smallest absolute Gasteiger partial charge is 0.223 e. The van der Waals surface area contributed by atoms with Gasteiger partial charge in [0.25, 0.3) is 0 Å². The van der Waals surface area contributed by atoms with E-state index in [4.69, 9.17) is 10.5 Å². The maximum atomic E-state index is 12.3. The number of carbonyl (C=O) groups excluding carboxylic acids is 1. The third-order valence-corrected chi connectivity index (χ3v) is 4.92. The summed E-state index contributed by atoms with van der Waals surface area (Å²) >= 11 is 0. The number of hydrogen-bond acceptors (Lipinski definition) is 3. The molecule has 4 heteroatoms. The average Bonchev–Trinajstić information content (AvgIpc) is 2.91. The van der Waals surface area contributed by atoms with Crippen molar-refractivity contribution in [2.24, 2.45) is 23.5 Å². The highest BCUT2D eigenvalue weighted by atomic mass is 16.5.